The van der Waals surface area contributed by atoms with Crippen molar-refractivity contribution < 1.29 is 29.2 Å². The van der Waals surface area contributed by atoms with Crippen LogP contribution < -0.4 is 18.9 Å². The van der Waals surface area contributed by atoms with Gasteiger partial charge in [-0.3, -0.25) is 0 Å². The Labute approximate surface area is 316 Å². The molecule has 0 bridgehead atoms. The highest BCUT2D eigenvalue weighted by Gasteiger charge is 2.18. The first-order valence-electron chi connectivity index (χ1n) is 21.0. The highest BCUT2D eigenvalue weighted by molar-refractivity contribution is 7.99. The summed E-state index contributed by atoms with van der Waals surface area (Å²) >= 11 is 1.53. The van der Waals surface area contributed by atoms with E-state index in [-0.39, 0.29) is 11.5 Å². The van der Waals surface area contributed by atoms with Crippen molar-refractivity contribution in [1.29, 1.82) is 0 Å². The smallest absolute Gasteiger partial charge is 0.200 e. The number of benzene rings is 2. The number of phenolic OH excluding ortho intramolecular Hbond substituents is 2. The topological polar surface area (TPSA) is 77.4 Å². The van der Waals surface area contributed by atoms with Gasteiger partial charge in [-0.1, -0.05) is 168 Å². The summed E-state index contributed by atoms with van der Waals surface area (Å²) in [5.41, 5.74) is 0. The molecule has 7 heteroatoms. The first-order valence-corrected chi connectivity index (χ1v) is 21.8. The predicted molar refractivity (Wildman–Crippen MR) is 216 cm³/mol. The van der Waals surface area contributed by atoms with Crippen LogP contribution in [-0.4, -0.2) is 36.6 Å². The van der Waals surface area contributed by atoms with Gasteiger partial charge in [-0.15, -0.1) is 0 Å². The summed E-state index contributed by atoms with van der Waals surface area (Å²) in [7, 11) is 0. The van der Waals surface area contributed by atoms with Crippen LogP contribution in [0.4, 0.5) is 0 Å². The van der Waals surface area contributed by atoms with Crippen LogP contribution in [0.3, 0.4) is 0 Å². The van der Waals surface area contributed by atoms with E-state index in [1.165, 1.54) is 114 Å². The average Bonchev–Trinajstić information content (AvgIpc) is 3.13. The third-order valence-electron chi connectivity index (χ3n) is 9.28. The molecule has 0 fully saturated rings. The second-order valence-corrected chi connectivity index (χ2v) is 15.3. The lowest BCUT2D eigenvalue weighted by Gasteiger charge is -2.17. The summed E-state index contributed by atoms with van der Waals surface area (Å²) in [6, 6.07) is 7.59. The van der Waals surface area contributed by atoms with Crippen LogP contribution in [0.2, 0.25) is 0 Å². The van der Waals surface area contributed by atoms with Crippen molar-refractivity contribution in [3.05, 3.63) is 24.3 Å². The minimum Gasteiger partial charge on any atom is -0.502 e. The molecule has 6 nitrogen and oxygen atoms in total. The van der Waals surface area contributed by atoms with Crippen molar-refractivity contribution in [2.75, 3.05) is 26.4 Å². The Balaban J connectivity index is 2.21. The zero-order chi connectivity index (χ0) is 36.8. The third-order valence-corrected chi connectivity index (χ3v) is 10.2. The maximum absolute atomic E-state index is 11.2. The Morgan fingerprint density at radius 1 is 0.353 bits per heavy atom. The van der Waals surface area contributed by atoms with Crippen LogP contribution >= 0.6 is 11.8 Å². The molecule has 0 aliphatic heterocycles. The van der Waals surface area contributed by atoms with Crippen molar-refractivity contribution in [2.45, 2.75) is 192 Å². The Kier molecular flexibility index (Phi) is 26.4. The van der Waals surface area contributed by atoms with E-state index >= 15 is 0 Å². The van der Waals surface area contributed by atoms with Gasteiger partial charge < -0.3 is 29.2 Å². The van der Waals surface area contributed by atoms with Crippen LogP contribution in [0.25, 0.3) is 0 Å². The van der Waals surface area contributed by atoms with E-state index in [9.17, 15) is 10.2 Å². The number of hydrogen-bond donors (Lipinski definition) is 2. The highest BCUT2D eigenvalue weighted by atomic mass is 32.2. The molecule has 2 rings (SSSR count). The number of ether oxygens (including phenoxy) is 4. The molecule has 0 saturated heterocycles. The summed E-state index contributed by atoms with van der Waals surface area (Å²) < 4.78 is 24.7. The van der Waals surface area contributed by atoms with Crippen LogP contribution in [0, 0.1) is 0 Å². The van der Waals surface area contributed by atoms with Crippen LogP contribution in [0.1, 0.15) is 182 Å². The molecule has 0 amide bonds. The molecular formula is C44H74O6S. The average molecular weight is 731 g/mol. The Morgan fingerprint density at radius 2 is 0.569 bits per heavy atom. The fourth-order valence-corrected chi connectivity index (χ4v) is 7.00. The van der Waals surface area contributed by atoms with Gasteiger partial charge in [0.2, 0.25) is 11.5 Å². The lowest BCUT2D eigenvalue weighted by Crippen LogP contribution is -2.02. The lowest BCUT2D eigenvalue weighted by atomic mass is 10.1. The van der Waals surface area contributed by atoms with E-state index in [1.807, 2.05) is 24.3 Å². The van der Waals surface area contributed by atoms with E-state index < -0.39 is 0 Å². The molecule has 0 aromatic heterocycles. The van der Waals surface area contributed by atoms with Gasteiger partial charge >= 0.3 is 0 Å². The first kappa shape index (κ1) is 44.7. The summed E-state index contributed by atoms with van der Waals surface area (Å²) in [5, 5.41) is 22.4. The highest BCUT2D eigenvalue weighted by Crippen LogP contribution is 2.46. The summed E-state index contributed by atoms with van der Waals surface area (Å²) in [6.07, 6.45) is 28.1. The monoisotopic (exact) mass is 731 g/mol. The molecule has 0 aliphatic carbocycles. The second kappa shape index (κ2) is 30.1. The molecule has 0 heterocycles. The van der Waals surface area contributed by atoms with Gasteiger partial charge in [-0.25, -0.2) is 0 Å². The molecule has 292 valence electrons. The second-order valence-electron chi connectivity index (χ2n) is 14.1. The minimum atomic E-state index is 0.0629. The van der Waals surface area contributed by atoms with Gasteiger partial charge in [0, 0.05) is 9.79 Å². The number of phenols is 2. The maximum Gasteiger partial charge on any atom is 0.200 e. The molecule has 0 saturated carbocycles. The molecule has 0 unspecified atom stereocenters. The van der Waals surface area contributed by atoms with Gasteiger partial charge in [0.1, 0.15) is 0 Å². The Morgan fingerprint density at radius 3 is 0.804 bits per heavy atom. The summed E-state index contributed by atoms with van der Waals surface area (Å²) in [6.45, 7) is 11.1. The largest absolute Gasteiger partial charge is 0.502 e. The van der Waals surface area contributed by atoms with Gasteiger partial charge in [-0.05, 0) is 49.9 Å². The number of hydrogen-bond acceptors (Lipinski definition) is 7. The van der Waals surface area contributed by atoms with E-state index in [0.717, 1.165) is 61.2 Å². The Bertz CT molecular complexity index is 973. The van der Waals surface area contributed by atoms with Gasteiger partial charge in [-0.2, -0.15) is 0 Å². The number of unbranched alkanes of at least 4 members (excludes halogenated alkanes) is 20. The minimum absolute atomic E-state index is 0.0629. The molecule has 0 aliphatic rings. The van der Waals surface area contributed by atoms with Gasteiger partial charge in [0.05, 0.1) is 26.4 Å². The van der Waals surface area contributed by atoms with E-state index in [0.29, 0.717) is 49.4 Å². The predicted octanol–water partition coefficient (Wildman–Crippen LogP) is 14.2. The normalized spacial score (nSPS) is 11.2. The SMILES string of the molecule is CCCCCCCCOc1cc(Sc2cc(OCCCCCCCC)c(O)c(OCCCCCCCC)c2)cc(OCCCCCCCC)c1O. The summed E-state index contributed by atoms with van der Waals surface area (Å²) in [4.78, 5) is 1.77. The van der Waals surface area contributed by atoms with Crippen molar-refractivity contribution in [3.8, 4) is 34.5 Å². The molecule has 0 spiro atoms. The van der Waals surface area contributed by atoms with Crippen LogP contribution in [0.15, 0.2) is 34.1 Å². The van der Waals surface area contributed by atoms with E-state index in [2.05, 4.69) is 27.7 Å². The van der Waals surface area contributed by atoms with E-state index in [1.54, 1.807) is 0 Å². The van der Waals surface area contributed by atoms with Crippen molar-refractivity contribution in [1.82, 2.24) is 0 Å². The van der Waals surface area contributed by atoms with Crippen LogP contribution in [0.5, 0.6) is 34.5 Å². The van der Waals surface area contributed by atoms with Gasteiger partial charge in [0.25, 0.3) is 0 Å². The van der Waals surface area contributed by atoms with E-state index in [4.69, 9.17) is 18.9 Å². The van der Waals surface area contributed by atoms with Crippen LogP contribution in [-0.2, 0) is 0 Å². The zero-order valence-electron chi connectivity index (χ0n) is 33.0. The fourth-order valence-electron chi connectivity index (χ4n) is 6.07. The van der Waals surface area contributed by atoms with Crippen molar-refractivity contribution >= 4 is 11.8 Å². The van der Waals surface area contributed by atoms with Crippen molar-refractivity contribution in [3.63, 3.8) is 0 Å². The molecule has 51 heavy (non-hydrogen) atoms. The number of aromatic hydroxyl groups is 2. The first-order chi connectivity index (χ1) is 25.0. The zero-order valence-corrected chi connectivity index (χ0v) is 33.9. The fraction of sp³-hybridized carbons (Fsp3) is 0.727. The number of rotatable bonds is 34. The lowest BCUT2D eigenvalue weighted by molar-refractivity contribution is 0.263. The maximum atomic E-state index is 11.2. The van der Waals surface area contributed by atoms with Crippen molar-refractivity contribution in [2.24, 2.45) is 0 Å². The quantitative estimate of drug-likeness (QED) is 0.0694. The third kappa shape index (κ3) is 20.4. The molecule has 2 N–H and O–H groups in total. The Hall–Kier alpha value is -2.41. The molecular weight excluding hydrogens is 657 g/mol. The van der Waals surface area contributed by atoms with Gasteiger partial charge in [0.15, 0.2) is 23.0 Å². The molecule has 0 radical (unpaired) electrons. The molecule has 2 aromatic carbocycles. The molecule has 0 atom stereocenters. The summed E-state index contributed by atoms with van der Waals surface area (Å²) in [5.74, 6) is 1.92. The molecule has 2 aromatic rings. The standard InChI is InChI=1S/C44H74O6S/c1-5-9-13-17-21-25-29-47-39-33-37(34-40(43(39)45)48-30-26-22-18-14-10-6-2)51-38-35-41(49-31-27-23-19-15-11-7-3)44(46)42(36-38)50-32-28-24-20-16-12-8-4/h33-36,45-46H,5-32H2,1-4H3.